The van der Waals surface area contributed by atoms with Crippen molar-refractivity contribution >= 4 is 35.4 Å². The number of hydrogen-bond acceptors (Lipinski definition) is 8. The van der Waals surface area contributed by atoms with Gasteiger partial charge in [0.15, 0.2) is 0 Å². The van der Waals surface area contributed by atoms with Crippen LogP contribution in [0.4, 0.5) is 23.7 Å². The molecule has 230 valence electrons. The van der Waals surface area contributed by atoms with E-state index in [0.717, 1.165) is 5.56 Å². The molecule has 14 heteroatoms. The van der Waals surface area contributed by atoms with E-state index >= 15 is 0 Å². The molecule has 0 radical (unpaired) electrons. The fraction of sp³-hybridized carbons (Fsp3) is 0.414. The smallest absolute Gasteiger partial charge is 0.408 e. The molecule has 0 saturated heterocycles. The molecule has 2 heterocycles. The number of aromatic nitrogens is 2. The van der Waals surface area contributed by atoms with Crippen molar-refractivity contribution in [3.8, 4) is 11.4 Å². The molecule has 1 aliphatic heterocycles. The maximum Gasteiger partial charge on any atom is 0.408 e. The highest BCUT2D eigenvalue weighted by Gasteiger charge is 2.34. The monoisotopic (exact) mass is 619 g/mol. The lowest BCUT2D eigenvalue weighted by Gasteiger charge is -2.27. The third kappa shape index (κ3) is 8.96. The highest BCUT2D eigenvalue weighted by molar-refractivity contribution is 7.99. The Hall–Kier alpha value is -4.07. The Labute approximate surface area is 250 Å². The van der Waals surface area contributed by atoms with Gasteiger partial charge in [0.25, 0.3) is 11.8 Å². The summed E-state index contributed by atoms with van der Waals surface area (Å²) >= 11 is 1.33. The van der Waals surface area contributed by atoms with Gasteiger partial charge in [0.05, 0.1) is 12.2 Å². The number of nitrogens with zero attached hydrogens (tertiary/aromatic N) is 3. The number of carbonyl (C=O) groups is 3. The Bertz CT molecular complexity index is 1470. The van der Waals surface area contributed by atoms with Gasteiger partial charge in [0, 0.05) is 41.7 Å². The molecule has 2 N–H and O–H groups in total. The van der Waals surface area contributed by atoms with Crippen molar-refractivity contribution in [1.29, 1.82) is 0 Å². The van der Waals surface area contributed by atoms with Gasteiger partial charge in [0.1, 0.15) is 11.6 Å². The summed E-state index contributed by atoms with van der Waals surface area (Å²) in [5, 5.41) is 9.08. The summed E-state index contributed by atoms with van der Waals surface area (Å²) in [5.41, 5.74) is 1.31. The van der Waals surface area contributed by atoms with Crippen LogP contribution in [0.5, 0.6) is 0 Å². The number of benzene rings is 2. The molecule has 4 rings (SSSR count). The number of aryl methyl sites for hydroxylation is 1. The van der Waals surface area contributed by atoms with Crippen molar-refractivity contribution in [1.82, 2.24) is 20.8 Å². The van der Waals surface area contributed by atoms with Gasteiger partial charge in [-0.3, -0.25) is 9.59 Å². The quantitative estimate of drug-likeness (QED) is 0.310. The van der Waals surface area contributed by atoms with Crippen LogP contribution in [-0.2, 0) is 16.1 Å². The Balaban J connectivity index is 1.60. The first-order valence-electron chi connectivity index (χ1n) is 13.5. The largest absolute Gasteiger partial charge is 0.444 e. The summed E-state index contributed by atoms with van der Waals surface area (Å²) in [7, 11) is 0. The van der Waals surface area contributed by atoms with Gasteiger partial charge in [0.2, 0.25) is 11.7 Å². The molecule has 0 spiro atoms. The zero-order valence-electron chi connectivity index (χ0n) is 24.1. The van der Waals surface area contributed by atoms with E-state index in [4.69, 9.17) is 9.26 Å². The van der Waals surface area contributed by atoms with E-state index in [9.17, 15) is 27.6 Å². The molecular weight excluding hydrogens is 587 g/mol. The summed E-state index contributed by atoms with van der Waals surface area (Å²) in [4.78, 5) is 45.7. The second-order valence-corrected chi connectivity index (χ2v) is 12.0. The summed E-state index contributed by atoms with van der Waals surface area (Å²) < 4.78 is 47.9. The third-order valence-corrected chi connectivity index (χ3v) is 7.33. The number of ether oxygens (including phenoxy) is 1. The van der Waals surface area contributed by atoms with Crippen LogP contribution < -0.4 is 15.5 Å². The molecule has 2 aromatic carbocycles. The lowest BCUT2D eigenvalue weighted by molar-refractivity contribution is -0.135. The van der Waals surface area contributed by atoms with Crippen LogP contribution in [-0.4, -0.2) is 58.2 Å². The van der Waals surface area contributed by atoms with E-state index in [0.29, 0.717) is 27.9 Å². The number of hydrogen-bond donors (Lipinski definition) is 2. The van der Waals surface area contributed by atoms with Crippen LogP contribution >= 0.6 is 11.8 Å². The van der Waals surface area contributed by atoms with Gasteiger partial charge >= 0.3 is 12.3 Å². The average molecular weight is 620 g/mol. The van der Waals surface area contributed by atoms with Crippen molar-refractivity contribution in [2.24, 2.45) is 0 Å². The van der Waals surface area contributed by atoms with Gasteiger partial charge in [-0.25, -0.2) is 4.79 Å². The number of alkyl carbamates (subject to hydrolysis) is 1. The number of rotatable bonds is 8. The van der Waals surface area contributed by atoms with E-state index in [1.807, 2.05) is 0 Å². The number of carbonyl (C=O) groups excluding carboxylic acids is 3. The highest BCUT2D eigenvalue weighted by Crippen LogP contribution is 2.36. The van der Waals surface area contributed by atoms with Crippen molar-refractivity contribution in [2.75, 3.05) is 17.2 Å². The standard InChI is InChI=1S/C29H32F3N5O5S/c1-17-34-24(36-42-17)19-8-6-18(7-9-19)15-37-22-14-20(25(38)33-13-5-12-29(30,31)32)10-11-23(22)43-16-21(26(37)39)35-27(40)41-28(2,3)4/h6-11,14,21H,5,12-13,15-16H2,1-4H3,(H,33,38)(H,35,40)/t21-/m0/s1. The van der Waals surface area contributed by atoms with Gasteiger partial charge in [-0.05, 0) is 51.0 Å². The number of anilines is 1. The first-order valence-corrected chi connectivity index (χ1v) is 14.5. The highest BCUT2D eigenvalue weighted by atomic mass is 32.2. The molecule has 43 heavy (non-hydrogen) atoms. The van der Waals surface area contributed by atoms with Crippen LogP contribution in [0.25, 0.3) is 11.4 Å². The molecule has 0 saturated carbocycles. The summed E-state index contributed by atoms with van der Waals surface area (Å²) in [5.74, 6) is 0.0736. The Morgan fingerprint density at radius 1 is 1.14 bits per heavy atom. The van der Waals surface area contributed by atoms with Gasteiger partial charge < -0.3 is 24.8 Å². The normalized spacial score (nSPS) is 15.5. The minimum Gasteiger partial charge on any atom is -0.444 e. The number of fused-ring (bicyclic) bond motifs is 1. The van der Waals surface area contributed by atoms with Gasteiger partial charge in [-0.15, -0.1) is 11.8 Å². The van der Waals surface area contributed by atoms with Crippen molar-refractivity contribution in [2.45, 2.75) is 69.8 Å². The van der Waals surface area contributed by atoms with E-state index in [-0.39, 0.29) is 30.8 Å². The molecule has 1 aromatic heterocycles. The fourth-order valence-corrected chi connectivity index (χ4v) is 5.26. The Morgan fingerprint density at radius 2 is 1.86 bits per heavy atom. The molecule has 1 atom stereocenters. The van der Waals surface area contributed by atoms with Crippen molar-refractivity contribution < 1.29 is 36.8 Å². The predicted molar refractivity (Wildman–Crippen MR) is 154 cm³/mol. The number of nitrogens with one attached hydrogen (secondary N) is 2. The molecule has 0 aliphatic carbocycles. The zero-order valence-corrected chi connectivity index (χ0v) is 24.9. The third-order valence-electron chi connectivity index (χ3n) is 6.18. The molecule has 0 fully saturated rings. The molecule has 10 nitrogen and oxygen atoms in total. The van der Waals surface area contributed by atoms with Gasteiger partial charge in [-0.1, -0.05) is 29.4 Å². The van der Waals surface area contributed by atoms with E-state index in [1.165, 1.54) is 22.7 Å². The first kappa shape index (κ1) is 31.9. The van der Waals surface area contributed by atoms with E-state index in [2.05, 4.69) is 20.8 Å². The second-order valence-electron chi connectivity index (χ2n) is 10.9. The van der Waals surface area contributed by atoms with Crippen LogP contribution in [0.15, 0.2) is 51.9 Å². The topological polar surface area (TPSA) is 127 Å². The van der Waals surface area contributed by atoms with Crippen LogP contribution in [0, 0.1) is 6.92 Å². The van der Waals surface area contributed by atoms with Crippen LogP contribution in [0.2, 0.25) is 0 Å². The minimum absolute atomic E-state index is 0.0983. The number of thioether (sulfide) groups is 1. The van der Waals surface area contributed by atoms with Crippen molar-refractivity contribution in [3.05, 3.63) is 59.5 Å². The number of halogens is 3. The fourth-order valence-electron chi connectivity index (χ4n) is 4.21. The summed E-state index contributed by atoms with van der Waals surface area (Å²) in [6.45, 7) is 6.78. The molecule has 3 aromatic rings. The molecular formula is C29H32F3N5O5S. The lowest BCUT2D eigenvalue weighted by Crippen LogP contribution is -2.50. The maximum absolute atomic E-state index is 13.9. The van der Waals surface area contributed by atoms with Gasteiger partial charge in [-0.2, -0.15) is 18.2 Å². The minimum atomic E-state index is -4.31. The van der Waals surface area contributed by atoms with E-state index < -0.39 is 42.1 Å². The summed E-state index contributed by atoms with van der Waals surface area (Å²) in [6, 6.07) is 11.0. The molecule has 3 amide bonds. The van der Waals surface area contributed by atoms with E-state index in [1.54, 1.807) is 64.1 Å². The predicted octanol–water partition coefficient (Wildman–Crippen LogP) is 5.65. The van der Waals surface area contributed by atoms with Crippen LogP contribution in [0.1, 0.15) is 55.4 Å². The Morgan fingerprint density at radius 3 is 2.49 bits per heavy atom. The maximum atomic E-state index is 13.9. The SMILES string of the molecule is Cc1nc(-c2ccc(CN3C(=O)[C@@H](NC(=O)OC(C)(C)C)CSc4ccc(C(=O)NCCCC(F)(F)F)cc43)cc2)no1. The molecule has 0 bridgehead atoms. The Kier molecular flexibility index (Phi) is 9.68. The summed E-state index contributed by atoms with van der Waals surface area (Å²) in [6.07, 6.45) is -6.30. The molecule has 0 unspecified atom stereocenters. The zero-order chi connectivity index (χ0) is 31.4. The van der Waals surface area contributed by atoms with Crippen LogP contribution in [0.3, 0.4) is 0 Å². The average Bonchev–Trinajstić information content (AvgIpc) is 3.31. The lowest BCUT2D eigenvalue weighted by atomic mass is 10.1. The first-order chi connectivity index (χ1) is 20.2. The second kappa shape index (κ2) is 13.1. The van der Waals surface area contributed by atoms with Crippen molar-refractivity contribution in [3.63, 3.8) is 0 Å². The number of amides is 3. The molecule has 1 aliphatic rings. The number of alkyl halides is 3.